The van der Waals surface area contributed by atoms with Gasteiger partial charge >= 0.3 is 18.0 Å². The van der Waals surface area contributed by atoms with Gasteiger partial charge in [-0.05, 0) is 54.7 Å². The van der Waals surface area contributed by atoms with E-state index < -0.39 is 24.1 Å². The highest BCUT2D eigenvalue weighted by molar-refractivity contribution is 5.91. The van der Waals surface area contributed by atoms with Crippen LogP contribution in [0, 0.1) is 13.8 Å². The number of amides is 2. The molecule has 2 aliphatic heterocycles. The van der Waals surface area contributed by atoms with E-state index in [0.29, 0.717) is 38.3 Å². The molecule has 3 heterocycles. The van der Waals surface area contributed by atoms with Crippen molar-refractivity contribution in [2.45, 2.75) is 53.4 Å². The van der Waals surface area contributed by atoms with Crippen LogP contribution >= 0.6 is 0 Å². The molecule has 0 saturated carbocycles. The van der Waals surface area contributed by atoms with Crippen molar-refractivity contribution in [3.05, 3.63) is 46.8 Å². The zero-order valence-electron chi connectivity index (χ0n) is 21.9. The van der Waals surface area contributed by atoms with Gasteiger partial charge in [-0.2, -0.15) is 0 Å². The van der Waals surface area contributed by atoms with Crippen LogP contribution in [0.25, 0.3) is 5.57 Å². The lowest BCUT2D eigenvalue weighted by Crippen LogP contribution is -2.37. The lowest BCUT2D eigenvalue weighted by atomic mass is 9.91. The molecule has 4 rings (SSSR count). The lowest BCUT2D eigenvalue weighted by molar-refractivity contribution is -0.150. The Kier molecular flexibility index (Phi) is 8.08. The number of rotatable bonds is 8. The van der Waals surface area contributed by atoms with Crippen LogP contribution in [0.15, 0.2) is 24.4 Å². The number of anilines is 1. The van der Waals surface area contributed by atoms with Gasteiger partial charge in [0, 0.05) is 32.6 Å². The predicted molar refractivity (Wildman–Crippen MR) is 135 cm³/mol. The fourth-order valence-corrected chi connectivity index (χ4v) is 4.69. The van der Waals surface area contributed by atoms with Crippen LogP contribution in [-0.2, 0) is 41.7 Å². The van der Waals surface area contributed by atoms with Crippen LogP contribution in [0.1, 0.15) is 42.7 Å². The SMILES string of the molecule is CC(=O)OCC(=O)N1CC=C(c2c(C)cc(N3CC(Cn4cc(COC(C)=O)nn4)OC3=O)cc2C)CC1. The predicted octanol–water partition coefficient (Wildman–Crippen LogP) is 2.16. The number of aromatic nitrogens is 3. The molecule has 0 bridgehead atoms. The number of ether oxygens (including phenoxy) is 3. The molecule has 1 atom stereocenters. The van der Waals surface area contributed by atoms with E-state index in [-0.39, 0.29) is 19.1 Å². The van der Waals surface area contributed by atoms with Crippen LogP contribution in [0.4, 0.5) is 10.5 Å². The van der Waals surface area contributed by atoms with Crippen molar-refractivity contribution < 1.29 is 33.4 Å². The normalized spacial score (nSPS) is 17.2. The van der Waals surface area contributed by atoms with Crippen LogP contribution in [-0.4, -0.2) is 76.2 Å². The summed E-state index contributed by atoms with van der Waals surface area (Å²) in [5, 5.41) is 7.99. The van der Waals surface area contributed by atoms with Crippen molar-refractivity contribution >= 4 is 35.2 Å². The second-order valence-electron chi connectivity index (χ2n) is 9.38. The van der Waals surface area contributed by atoms with Crippen molar-refractivity contribution in [1.82, 2.24) is 19.9 Å². The average molecular weight is 526 g/mol. The first-order valence-electron chi connectivity index (χ1n) is 12.3. The van der Waals surface area contributed by atoms with E-state index >= 15 is 0 Å². The molecule has 2 aliphatic rings. The number of cyclic esters (lactones) is 1. The van der Waals surface area contributed by atoms with Gasteiger partial charge in [0.05, 0.1) is 19.3 Å². The highest BCUT2D eigenvalue weighted by atomic mass is 16.6. The molecule has 0 radical (unpaired) electrons. The Balaban J connectivity index is 1.40. The Labute approximate surface area is 220 Å². The molecule has 1 unspecified atom stereocenters. The number of aryl methyl sites for hydroxylation is 2. The van der Waals surface area contributed by atoms with Crippen LogP contribution in [0.2, 0.25) is 0 Å². The number of hydrogen-bond acceptors (Lipinski definition) is 9. The maximum Gasteiger partial charge on any atom is 0.414 e. The molecule has 202 valence electrons. The summed E-state index contributed by atoms with van der Waals surface area (Å²) in [6, 6.07) is 3.94. The zero-order valence-corrected chi connectivity index (χ0v) is 21.9. The molecule has 1 saturated heterocycles. The molecule has 1 fully saturated rings. The van der Waals surface area contributed by atoms with Gasteiger partial charge in [-0.3, -0.25) is 19.3 Å². The fraction of sp³-hybridized carbons (Fsp3) is 0.462. The Morgan fingerprint density at radius 3 is 2.45 bits per heavy atom. The number of hydrogen-bond donors (Lipinski definition) is 0. The molecular formula is C26H31N5O7. The van der Waals surface area contributed by atoms with E-state index in [0.717, 1.165) is 28.0 Å². The molecule has 0 N–H and O–H groups in total. The molecular weight excluding hydrogens is 494 g/mol. The number of carbonyl (C=O) groups excluding carboxylic acids is 4. The number of esters is 2. The third-order valence-corrected chi connectivity index (χ3v) is 6.39. The first-order chi connectivity index (χ1) is 18.1. The van der Waals surface area contributed by atoms with Gasteiger partial charge in [0.25, 0.3) is 5.91 Å². The van der Waals surface area contributed by atoms with Crippen molar-refractivity contribution in [2.24, 2.45) is 0 Å². The summed E-state index contributed by atoms with van der Waals surface area (Å²) in [6.07, 6.45) is 3.52. The molecule has 1 aromatic carbocycles. The summed E-state index contributed by atoms with van der Waals surface area (Å²) in [5.41, 5.74) is 5.55. The minimum absolute atomic E-state index is 0.0376. The molecule has 1 aromatic heterocycles. The van der Waals surface area contributed by atoms with Gasteiger partial charge in [-0.25, -0.2) is 9.48 Å². The summed E-state index contributed by atoms with van der Waals surface area (Å²) in [5.74, 6) is -1.09. The summed E-state index contributed by atoms with van der Waals surface area (Å²) in [7, 11) is 0. The first-order valence-corrected chi connectivity index (χ1v) is 12.3. The topological polar surface area (TPSA) is 133 Å². The van der Waals surface area contributed by atoms with Gasteiger partial charge in [0.1, 0.15) is 18.4 Å². The molecule has 12 heteroatoms. The largest absolute Gasteiger partial charge is 0.459 e. The second kappa shape index (κ2) is 11.4. The molecule has 0 aliphatic carbocycles. The lowest BCUT2D eigenvalue weighted by Gasteiger charge is -2.28. The molecule has 0 spiro atoms. The van der Waals surface area contributed by atoms with E-state index in [1.54, 1.807) is 20.7 Å². The van der Waals surface area contributed by atoms with Gasteiger partial charge < -0.3 is 19.1 Å². The highest BCUT2D eigenvalue weighted by Gasteiger charge is 2.33. The Bertz CT molecular complexity index is 1260. The van der Waals surface area contributed by atoms with Crippen molar-refractivity contribution in [3.8, 4) is 0 Å². The van der Waals surface area contributed by atoms with Crippen molar-refractivity contribution in [3.63, 3.8) is 0 Å². The first kappa shape index (κ1) is 26.8. The quantitative estimate of drug-likeness (QED) is 0.375. The maximum absolute atomic E-state index is 12.7. The standard InChI is InChI=1S/C26H31N5O7/c1-16-9-22(10-17(2)25(16)20-5-7-29(8-6-20)24(34)15-37-19(4)33)31-13-23(38-26(31)35)12-30-11-21(27-28-30)14-36-18(3)32/h5,9-11,23H,6-8,12-15H2,1-4H3. The van der Waals surface area contributed by atoms with Gasteiger partial charge in [0.2, 0.25) is 0 Å². The minimum atomic E-state index is -0.477. The summed E-state index contributed by atoms with van der Waals surface area (Å²) >= 11 is 0. The Morgan fingerprint density at radius 2 is 1.82 bits per heavy atom. The van der Waals surface area contributed by atoms with E-state index in [1.165, 1.54) is 13.8 Å². The minimum Gasteiger partial charge on any atom is -0.459 e. The third-order valence-electron chi connectivity index (χ3n) is 6.39. The maximum atomic E-state index is 12.7. The second-order valence-corrected chi connectivity index (χ2v) is 9.38. The monoisotopic (exact) mass is 525 g/mol. The summed E-state index contributed by atoms with van der Waals surface area (Å²) in [4.78, 5) is 50.1. The van der Waals surface area contributed by atoms with Gasteiger partial charge in [0.15, 0.2) is 6.61 Å². The van der Waals surface area contributed by atoms with Crippen molar-refractivity contribution in [2.75, 3.05) is 31.1 Å². The van der Waals surface area contributed by atoms with Crippen molar-refractivity contribution in [1.29, 1.82) is 0 Å². The number of benzene rings is 1. The Morgan fingerprint density at radius 1 is 1.11 bits per heavy atom. The number of carbonyl (C=O) groups is 4. The summed E-state index contributed by atoms with van der Waals surface area (Å²) < 4.78 is 16.9. The molecule has 12 nitrogen and oxygen atoms in total. The van der Waals surface area contributed by atoms with Crippen LogP contribution in [0.3, 0.4) is 0 Å². The molecule has 2 aromatic rings. The van der Waals surface area contributed by atoms with E-state index in [4.69, 9.17) is 14.2 Å². The molecule has 2 amide bonds. The van der Waals surface area contributed by atoms with Crippen LogP contribution in [0.5, 0.6) is 0 Å². The van der Waals surface area contributed by atoms with E-state index in [1.807, 2.05) is 32.1 Å². The average Bonchev–Trinajstić information content (AvgIpc) is 3.47. The van der Waals surface area contributed by atoms with Crippen LogP contribution < -0.4 is 4.90 Å². The molecule has 38 heavy (non-hydrogen) atoms. The zero-order chi connectivity index (χ0) is 27.4. The van der Waals surface area contributed by atoms with Gasteiger partial charge in [-0.15, -0.1) is 5.10 Å². The number of nitrogens with zero attached hydrogens (tertiary/aromatic N) is 5. The van der Waals surface area contributed by atoms with E-state index in [2.05, 4.69) is 10.3 Å². The van der Waals surface area contributed by atoms with Gasteiger partial charge in [-0.1, -0.05) is 11.3 Å². The third kappa shape index (κ3) is 6.36. The Hall–Kier alpha value is -4.22. The highest BCUT2D eigenvalue weighted by Crippen LogP contribution is 2.33. The van der Waals surface area contributed by atoms with E-state index in [9.17, 15) is 19.2 Å². The fourth-order valence-electron chi connectivity index (χ4n) is 4.69. The smallest absolute Gasteiger partial charge is 0.414 e. The summed E-state index contributed by atoms with van der Waals surface area (Å²) in [6.45, 7) is 8.07.